The minimum Gasteiger partial charge on any atom is -0.497 e. The van der Waals surface area contributed by atoms with Gasteiger partial charge in [0.25, 0.3) is 8.53 Å². The predicted molar refractivity (Wildman–Crippen MR) is 285 cm³/mol. The van der Waals surface area contributed by atoms with Crippen LogP contribution < -0.4 is 9.47 Å². The molecule has 1 aromatic heterocycles. The van der Waals surface area contributed by atoms with Gasteiger partial charge in [-0.1, -0.05) is 96.1 Å². The molecular weight excluding hydrogens is 948 g/mol. The number of imidazole rings is 1. The van der Waals surface area contributed by atoms with E-state index in [-0.39, 0.29) is 51.2 Å². The Morgan fingerprint density at radius 1 is 0.806 bits per heavy atom. The van der Waals surface area contributed by atoms with Crippen LogP contribution in [0, 0.1) is 16.7 Å². The number of methoxy groups -OCH3 is 2. The molecular formula is C56H83N4O10PSi. The van der Waals surface area contributed by atoms with E-state index in [9.17, 15) is 10.1 Å². The Balaban J connectivity index is 1.64. The summed E-state index contributed by atoms with van der Waals surface area (Å²) in [5, 5.41) is 9.66. The van der Waals surface area contributed by atoms with Crippen LogP contribution in [0.5, 0.6) is 11.5 Å². The molecule has 0 aliphatic carbocycles. The number of aromatic nitrogens is 2. The maximum Gasteiger partial charge on any atom is 0.312 e. The Hall–Kier alpha value is -4.20. The third-order valence-corrected chi connectivity index (χ3v) is 21.7. The number of carbonyl (C=O) groups excluding carboxylic acids is 1. The molecule has 5 atom stereocenters. The van der Waals surface area contributed by atoms with Gasteiger partial charge in [-0.3, -0.25) is 4.79 Å². The highest BCUT2D eigenvalue weighted by Gasteiger charge is 2.51. The zero-order valence-electron chi connectivity index (χ0n) is 45.6. The molecule has 0 amide bonds. The third-order valence-electron chi connectivity index (χ3n) is 13.5. The number of carbonyl (C=O) groups is 1. The normalized spacial score (nSPS) is 18.2. The van der Waals surface area contributed by atoms with Crippen molar-refractivity contribution < 1.29 is 46.7 Å². The summed E-state index contributed by atoms with van der Waals surface area (Å²) in [5.41, 5.74) is 2.67. The Kier molecular flexibility index (Phi) is 21.9. The van der Waals surface area contributed by atoms with Gasteiger partial charge in [0.05, 0.1) is 63.5 Å². The first-order valence-corrected chi connectivity index (χ1v) is 28.8. The van der Waals surface area contributed by atoms with E-state index in [1.807, 2.05) is 93.7 Å². The van der Waals surface area contributed by atoms with Gasteiger partial charge in [-0.05, 0) is 119 Å². The van der Waals surface area contributed by atoms with E-state index < -0.39 is 52.3 Å². The van der Waals surface area contributed by atoms with Crippen LogP contribution in [0.15, 0.2) is 91.4 Å². The summed E-state index contributed by atoms with van der Waals surface area (Å²) in [6.45, 7) is 27.9. The first-order chi connectivity index (χ1) is 34.2. The van der Waals surface area contributed by atoms with Crippen LogP contribution in [-0.2, 0) is 56.0 Å². The second-order valence-corrected chi connectivity index (χ2v) is 28.0. The van der Waals surface area contributed by atoms with Crippen LogP contribution in [0.25, 0.3) is 0 Å². The molecule has 0 radical (unpaired) electrons. The van der Waals surface area contributed by atoms with Crippen molar-refractivity contribution >= 4 is 22.8 Å². The summed E-state index contributed by atoms with van der Waals surface area (Å²) >= 11 is 0. The van der Waals surface area contributed by atoms with E-state index >= 15 is 0 Å². The van der Waals surface area contributed by atoms with Gasteiger partial charge in [0.15, 0.2) is 6.73 Å². The highest BCUT2D eigenvalue weighted by molar-refractivity contribution is 7.44. The molecule has 16 heteroatoms. The molecule has 72 heavy (non-hydrogen) atoms. The van der Waals surface area contributed by atoms with Crippen LogP contribution in [-0.4, -0.2) is 99.2 Å². The summed E-state index contributed by atoms with van der Waals surface area (Å²) in [5.74, 6) is 1.14. The first kappa shape index (κ1) is 58.7. The van der Waals surface area contributed by atoms with Crippen molar-refractivity contribution in [1.82, 2.24) is 14.2 Å². The summed E-state index contributed by atoms with van der Waals surface area (Å²) in [6, 6.07) is 28.4. The van der Waals surface area contributed by atoms with Crippen LogP contribution in [0.4, 0.5) is 0 Å². The Morgan fingerprint density at radius 2 is 1.36 bits per heavy atom. The van der Waals surface area contributed by atoms with Crippen molar-refractivity contribution in [2.75, 3.05) is 34.2 Å². The second kappa shape index (κ2) is 26.8. The van der Waals surface area contributed by atoms with Gasteiger partial charge in [-0.2, -0.15) is 5.26 Å². The maximum absolute atomic E-state index is 12.6. The lowest BCUT2D eigenvalue weighted by atomic mass is 9.80. The van der Waals surface area contributed by atoms with E-state index in [1.165, 1.54) is 0 Å². The SMILES string of the molecule is COc1ccc(C(OC[C@H]2O[C@@H](CCc3cn(COC(=O)C(C)(C)C)cn3)[C@H](OCO[Si](C(C)C)(C(C)C)C(C)C)[C@@H]2OP(OCCC#N)N(C(C)C)C(C)C)(c2ccccc2)c2ccc(OC)cc2)cc1. The van der Waals surface area contributed by atoms with Gasteiger partial charge in [-0.25, -0.2) is 9.65 Å². The number of ether oxygens (including phenoxy) is 6. The fourth-order valence-electron chi connectivity index (χ4n) is 10.1. The molecule has 1 fully saturated rings. The number of esters is 1. The average Bonchev–Trinajstić information content (AvgIpc) is 3.94. The molecule has 4 aromatic rings. The van der Waals surface area contributed by atoms with Gasteiger partial charge in [0, 0.05) is 18.3 Å². The number of nitriles is 1. The molecule has 1 unspecified atom stereocenters. The highest BCUT2D eigenvalue weighted by Crippen LogP contribution is 2.51. The first-order valence-electron chi connectivity index (χ1n) is 25.6. The second-order valence-electron chi connectivity index (χ2n) is 21.1. The lowest BCUT2D eigenvalue weighted by molar-refractivity contribution is -0.156. The van der Waals surface area contributed by atoms with Crippen LogP contribution >= 0.6 is 8.53 Å². The zero-order valence-corrected chi connectivity index (χ0v) is 47.5. The summed E-state index contributed by atoms with van der Waals surface area (Å²) in [6.07, 6.45) is 2.23. The minimum absolute atomic E-state index is 0.0390. The number of hydrogen-bond acceptors (Lipinski definition) is 13. The smallest absolute Gasteiger partial charge is 0.312 e. The van der Waals surface area contributed by atoms with Crippen molar-refractivity contribution in [2.45, 2.75) is 175 Å². The van der Waals surface area contributed by atoms with Crippen LogP contribution in [0.2, 0.25) is 16.6 Å². The highest BCUT2D eigenvalue weighted by atomic mass is 31.2. The molecule has 0 saturated carbocycles. The fraction of sp³-hybridized carbons (Fsp3) is 0.589. The van der Waals surface area contributed by atoms with E-state index in [2.05, 4.69) is 92.1 Å². The van der Waals surface area contributed by atoms with Crippen molar-refractivity contribution in [3.05, 3.63) is 114 Å². The molecule has 3 aromatic carbocycles. The summed E-state index contributed by atoms with van der Waals surface area (Å²) < 4.78 is 63.9. The zero-order chi connectivity index (χ0) is 52.8. The molecule has 396 valence electrons. The fourth-order valence-corrected chi connectivity index (χ4v) is 17.2. The van der Waals surface area contributed by atoms with Gasteiger partial charge in [0.2, 0.25) is 8.32 Å². The van der Waals surface area contributed by atoms with Crippen LogP contribution in [0.3, 0.4) is 0 Å². The number of nitrogens with zero attached hydrogens (tertiary/aromatic N) is 4. The van der Waals surface area contributed by atoms with Gasteiger partial charge in [0.1, 0.15) is 42.2 Å². The van der Waals surface area contributed by atoms with Crippen molar-refractivity contribution in [3.63, 3.8) is 0 Å². The standard InChI is InChI=1S/C56H83N4O10PSi/c1-39(2)60(40(3)4)71(67-33-19-32-57)70-53-51(35-66-56(44-20-17-16-18-21-44,45-22-27-48(62-14)28-23-45)46-24-29-49(63-15)30-25-46)69-50(52(53)65-38-68-72(41(5)6,42(7)8)43(9)10)31-26-47-34-59(36-58-47)37-64-54(61)55(11,12)13/h16-18,20-25,27-30,34,36,39-43,50-53H,19,26,31,33,35,37-38H2,1-15H3/t50-,51+,52-,53+,71?/m0/s1. The quantitative estimate of drug-likeness (QED) is 0.0133. The molecule has 1 aliphatic heterocycles. The Labute approximate surface area is 433 Å². The lowest BCUT2D eigenvalue weighted by Gasteiger charge is -2.42. The summed E-state index contributed by atoms with van der Waals surface area (Å²) in [7, 11) is -0.838. The van der Waals surface area contributed by atoms with Crippen molar-refractivity contribution in [3.8, 4) is 17.6 Å². The number of rotatable bonds is 28. The Bertz CT molecular complexity index is 2200. The third kappa shape index (κ3) is 14.3. The monoisotopic (exact) mass is 1030 g/mol. The average molecular weight is 1030 g/mol. The Morgan fingerprint density at radius 3 is 1.86 bits per heavy atom. The van der Waals surface area contributed by atoms with E-state index in [0.717, 1.165) is 22.4 Å². The lowest BCUT2D eigenvalue weighted by Crippen LogP contribution is -2.49. The van der Waals surface area contributed by atoms with Gasteiger partial charge >= 0.3 is 5.97 Å². The molecule has 0 spiro atoms. The number of aryl methyl sites for hydroxylation is 1. The van der Waals surface area contributed by atoms with E-state index in [4.69, 9.17) is 46.9 Å². The molecule has 2 heterocycles. The molecule has 0 N–H and O–H groups in total. The largest absolute Gasteiger partial charge is 0.497 e. The predicted octanol–water partition coefficient (Wildman–Crippen LogP) is 12.4. The van der Waals surface area contributed by atoms with E-state index in [0.29, 0.717) is 41.0 Å². The van der Waals surface area contributed by atoms with E-state index in [1.54, 1.807) is 25.1 Å². The number of benzene rings is 3. The number of hydrogen-bond donors (Lipinski definition) is 0. The topological polar surface area (TPSA) is 145 Å². The molecule has 1 saturated heterocycles. The van der Waals surface area contributed by atoms with Crippen molar-refractivity contribution in [2.24, 2.45) is 5.41 Å². The van der Waals surface area contributed by atoms with Gasteiger partial charge in [-0.15, -0.1) is 0 Å². The minimum atomic E-state index is -2.38. The van der Waals surface area contributed by atoms with Crippen LogP contribution in [0.1, 0.15) is 125 Å². The van der Waals surface area contributed by atoms with Crippen molar-refractivity contribution in [1.29, 1.82) is 5.26 Å². The van der Waals surface area contributed by atoms with Gasteiger partial charge < -0.3 is 46.5 Å². The molecule has 14 nitrogen and oxygen atoms in total. The molecule has 0 bridgehead atoms. The molecule has 5 rings (SSSR count). The summed E-state index contributed by atoms with van der Waals surface area (Å²) in [4.78, 5) is 17.3. The molecule has 1 aliphatic rings. The maximum atomic E-state index is 12.6.